The van der Waals surface area contributed by atoms with Crippen molar-refractivity contribution in [2.24, 2.45) is 0 Å². The van der Waals surface area contributed by atoms with Crippen molar-refractivity contribution in [3.8, 4) is 0 Å². The highest BCUT2D eigenvalue weighted by molar-refractivity contribution is 9.10. The molecule has 2 aromatic rings. The van der Waals surface area contributed by atoms with Crippen LogP contribution in [0.15, 0.2) is 53.0 Å². The van der Waals surface area contributed by atoms with E-state index in [1.807, 2.05) is 24.3 Å². The van der Waals surface area contributed by atoms with E-state index in [1.165, 1.54) is 17.7 Å². The van der Waals surface area contributed by atoms with Gasteiger partial charge in [-0.25, -0.2) is 0 Å². The van der Waals surface area contributed by atoms with Gasteiger partial charge in [0, 0.05) is 35.2 Å². The number of anilines is 1. The fourth-order valence-corrected chi connectivity index (χ4v) is 3.41. The molecule has 2 nitrogen and oxygen atoms in total. The van der Waals surface area contributed by atoms with E-state index in [1.54, 1.807) is 0 Å². The highest BCUT2D eigenvalue weighted by Gasteiger charge is 2.17. The molecule has 1 heterocycles. The number of fused-ring (bicyclic) bond motifs is 1. The van der Waals surface area contributed by atoms with E-state index in [2.05, 4.69) is 45.1 Å². The Bertz CT molecular complexity index is 653. The van der Waals surface area contributed by atoms with E-state index in [4.69, 9.17) is 0 Å². The van der Waals surface area contributed by atoms with Crippen molar-refractivity contribution in [3.63, 3.8) is 0 Å². The molecule has 2 aromatic carbocycles. The molecule has 21 heavy (non-hydrogen) atoms. The van der Waals surface area contributed by atoms with Crippen LogP contribution in [0.4, 0.5) is 5.69 Å². The first-order valence-corrected chi connectivity index (χ1v) is 8.15. The number of halogens is 1. The maximum atomic E-state index is 12.4. The predicted octanol–water partition coefficient (Wildman–Crippen LogP) is 4.47. The zero-order valence-corrected chi connectivity index (χ0v) is 13.5. The molecule has 0 amide bonds. The lowest BCUT2D eigenvalue weighted by Gasteiger charge is -2.31. The Kier molecular flexibility index (Phi) is 4.39. The minimum atomic E-state index is 0.200. The molecule has 1 aliphatic rings. The van der Waals surface area contributed by atoms with Crippen LogP contribution in [0.2, 0.25) is 0 Å². The SMILES string of the molecule is O=C(CCN1CCCc2ccccc21)c1ccccc1Br. The minimum Gasteiger partial charge on any atom is -0.371 e. The molecule has 3 heteroatoms. The summed E-state index contributed by atoms with van der Waals surface area (Å²) in [5, 5.41) is 0. The molecule has 108 valence electrons. The van der Waals surface area contributed by atoms with Gasteiger partial charge in [-0.2, -0.15) is 0 Å². The summed E-state index contributed by atoms with van der Waals surface area (Å²) in [7, 11) is 0. The number of hydrogen-bond donors (Lipinski definition) is 0. The van der Waals surface area contributed by atoms with Crippen molar-refractivity contribution in [3.05, 3.63) is 64.1 Å². The van der Waals surface area contributed by atoms with Gasteiger partial charge in [0.25, 0.3) is 0 Å². The highest BCUT2D eigenvalue weighted by Crippen LogP contribution is 2.27. The Morgan fingerprint density at radius 2 is 1.86 bits per heavy atom. The molecule has 0 fully saturated rings. The van der Waals surface area contributed by atoms with Crippen LogP contribution in [0.3, 0.4) is 0 Å². The molecular weight excluding hydrogens is 326 g/mol. The number of ketones is 1. The van der Waals surface area contributed by atoms with Gasteiger partial charge < -0.3 is 4.90 Å². The first kappa shape index (κ1) is 14.3. The zero-order valence-electron chi connectivity index (χ0n) is 11.9. The Balaban J connectivity index is 1.69. The van der Waals surface area contributed by atoms with Gasteiger partial charge in [0.05, 0.1) is 0 Å². The molecule has 0 unspecified atom stereocenters. The molecule has 0 radical (unpaired) electrons. The van der Waals surface area contributed by atoms with Crippen LogP contribution in [0.1, 0.15) is 28.8 Å². The highest BCUT2D eigenvalue weighted by atomic mass is 79.9. The quantitative estimate of drug-likeness (QED) is 0.763. The molecule has 0 aliphatic carbocycles. The number of carbonyl (C=O) groups excluding carboxylic acids is 1. The molecular formula is C18H18BrNO. The molecule has 0 atom stereocenters. The topological polar surface area (TPSA) is 20.3 Å². The van der Waals surface area contributed by atoms with E-state index in [0.717, 1.165) is 29.5 Å². The van der Waals surface area contributed by atoms with Crippen molar-refractivity contribution in [1.29, 1.82) is 0 Å². The van der Waals surface area contributed by atoms with E-state index < -0.39 is 0 Å². The number of rotatable bonds is 4. The predicted molar refractivity (Wildman–Crippen MR) is 90.1 cm³/mol. The lowest BCUT2D eigenvalue weighted by molar-refractivity contribution is 0.0983. The van der Waals surface area contributed by atoms with Crippen molar-refractivity contribution >= 4 is 27.4 Å². The average Bonchev–Trinajstić information content (AvgIpc) is 2.53. The summed E-state index contributed by atoms with van der Waals surface area (Å²) >= 11 is 3.45. The Labute approximate surface area is 133 Å². The van der Waals surface area contributed by atoms with Crippen LogP contribution in [0.5, 0.6) is 0 Å². The number of aryl methyl sites for hydroxylation is 1. The fourth-order valence-electron chi connectivity index (χ4n) is 2.90. The second-order valence-corrected chi connectivity index (χ2v) is 6.23. The van der Waals surface area contributed by atoms with Gasteiger partial charge in [0.15, 0.2) is 5.78 Å². The lowest BCUT2D eigenvalue weighted by atomic mass is 10.0. The summed E-state index contributed by atoms with van der Waals surface area (Å²) < 4.78 is 0.883. The van der Waals surface area contributed by atoms with E-state index in [9.17, 15) is 4.79 Å². The molecule has 0 bridgehead atoms. The lowest BCUT2D eigenvalue weighted by Crippen LogP contribution is -2.31. The monoisotopic (exact) mass is 343 g/mol. The Morgan fingerprint density at radius 1 is 1.10 bits per heavy atom. The molecule has 0 saturated heterocycles. The standard InChI is InChI=1S/C18H18BrNO/c19-16-9-3-2-8-15(16)18(21)11-13-20-12-5-7-14-6-1-4-10-17(14)20/h1-4,6,8-10H,5,7,11-13H2. The van der Waals surface area contributed by atoms with Gasteiger partial charge >= 0.3 is 0 Å². The fraction of sp³-hybridized carbons (Fsp3) is 0.278. The van der Waals surface area contributed by atoms with Crippen LogP contribution < -0.4 is 4.90 Å². The van der Waals surface area contributed by atoms with Gasteiger partial charge in [0.2, 0.25) is 0 Å². The molecule has 0 aromatic heterocycles. The number of nitrogens with zero attached hydrogens (tertiary/aromatic N) is 1. The number of Topliss-reactive ketones (excluding diaryl/α,β-unsaturated/α-hetero) is 1. The van der Waals surface area contributed by atoms with Crippen LogP contribution >= 0.6 is 15.9 Å². The number of para-hydroxylation sites is 1. The smallest absolute Gasteiger partial charge is 0.165 e. The van der Waals surface area contributed by atoms with Crippen molar-refractivity contribution in [2.75, 3.05) is 18.0 Å². The van der Waals surface area contributed by atoms with Gasteiger partial charge in [0.1, 0.15) is 0 Å². The van der Waals surface area contributed by atoms with Gasteiger partial charge in [-0.1, -0.05) is 52.3 Å². The third-order valence-corrected chi connectivity index (χ3v) is 4.68. The van der Waals surface area contributed by atoms with Gasteiger partial charge in [-0.05, 0) is 30.5 Å². The maximum Gasteiger partial charge on any atom is 0.165 e. The molecule has 3 rings (SSSR count). The molecule has 0 saturated carbocycles. The molecule has 1 aliphatic heterocycles. The zero-order chi connectivity index (χ0) is 14.7. The summed E-state index contributed by atoms with van der Waals surface area (Å²) in [6.45, 7) is 1.83. The number of carbonyl (C=O) groups is 1. The average molecular weight is 344 g/mol. The van der Waals surface area contributed by atoms with Crippen molar-refractivity contribution < 1.29 is 4.79 Å². The second-order valence-electron chi connectivity index (χ2n) is 5.37. The summed E-state index contributed by atoms with van der Waals surface area (Å²) in [6.07, 6.45) is 2.86. The first-order valence-electron chi connectivity index (χ1n) is 7.36. The van der Waals surface area contributed by atoms with E-state index in [-0.39, 0.29) is 5.78 Å². The molecule has 0 spiro atoms. The largest absolute Gasteiger partial charge is 0.371 e. The van der Waals surface area contributed by atoms with Gasteiger partial charge in [-0.15, -0.1) is 0 Å². The second kappa shape index (κ2) is 6.44. The summed E-state index contributed by atoms with van der Waals surface area (Å²) in [4.78, 5) is 14.7. The van der Waals surface area contributed by atoms with E-state index >= 15 is 0 Å². The number of benzene rings is 2. The maximum absolute atomic E-state index is 12.4. The van der Waals surface area contributed by atoms with Crippen LogP contribution in [-0.4, -0.2) is 18.9 Å². The Hall–Kier alpha value is -1.61. The normalized spacial score (nSPS) is 13.9. The summed E-state index contributed by atoms with van der Waals surface area (Å²) in [6, 6.07) is 16.2. The molecule has 0 N–H and O–H groups in total. The van der Waals surface area contributed by atoms with Crippen LogP contribution in [0.25, 0.3) is 0 Å². The van der Waals surface area contributed by atoms with Crippen LogP contribution in [-0.2, 0) is 6.42 Å². The van der Waals surface area contributed by atoms with Gasteiger partial charge in [-0.3, -0.25) is 4.79 Å². The third kappa shape index (κ3) is 3.18. The Morgan fingerprint density at radius 3 is 2.71 bits per heavy atom. The number of hydrogen-bond acceptors (Lipinski definition) is 2. The van der Waals surface area contributed by atoms with E-state index in [0.29, 0.717) is 6.42 Å². The third-order valence-electron chi connectivity index (χ3n) is 3.99. The first-order chi connectivity index (χ1) is 10.3. The summed E-state index contributed by atoms with van der Waals surface area (Å²) in [5.74, 6) is 0.200. The minimum absolute atomic E-state index is 0.200. The van der Waals surface area contributed by atoms with Crippen molar-refractivity contribution in [2.45, 2.75) is 19.3 Å². The summed E-state index contributed by atoms with van der Waals surface area (Å²) in [5.41, 5.74) is 3.48. The van der Waals surface area contributed by atoms with Crippen LogP contribution in [0, 0.1) is 0 Å². The van der Waals surface area contributed by atoms with Crippen molar-refractivity contribution in [1.82, 2.24) is 0 Å².